The van der Waals surface area contributed by atoms with E-state index >= 15 is 0 Å². The highest BCUT2D eigenvalue weighted by atomic mass is 79.9. The van der Waals surface area contributed by atoms with Gasteiger partial charge in [-0.25, -0.2) is 9.79 Å². The van der Waals surface area contributed by atoms with Gasteiger partial charge >= 0.3 is 5.97 Å². The van der Waals surface area contributed by atoms with Crippen LogP contribution in [0.15, 0.2) is 50.8 Å². The molecule has 28 heavy (non-hydrogen) atoms. The van der Waals surface area contributed by atoms with Crippen molar-refractivity contribution in [1.29, 1.82) is 0 Å². The van der Waals surface area contributed by atoms with E-state index in [1.807, 2.05) is 0 Å². The normalized spacial score (nSPS) is 16.3. The summed E-state index contributed by atoms with van der Waals surface area (Å²) in [7, 11) is 3.10. The molecule has 1 aliphatic heterocycles. The predicted molar refractivity (Wildman–Crippen MR) is 111 cm³/mol. The number of nitrogens with zero attached hydrogens (tertiary/aromatic N) is 1. The molecule has 144 valence electrons. The van der Waals surface area contributed by atoms with Gasteiger partial charge in [0.1, 0.15) is 11.5 Å². The number of carbonyl (C=O) groups excluding carboxylic acids is 1. The van der Waals surface area contributed by atoms with Gasteiger partial charge in [-0.15, -0.1) is 0 Å². The third-order valence-electron chi connectivity index (χ3n) is 3.79. The minimum absolute atomic E-state index is 0.171. The van der Waals surface area contributed by atoms with Crippen molar-refractivity contribution >= 4 is 56.5 Å². The number of benzene rings is 2. The summed E-state index contributed by atoms with van der Waals surface area (Å²) in [6.07, 6.45) is 1.71. The third-order valence-corrected chi connectivity index (χ3v) is 5.32. The Labute approximate surface area is 173 Å². The van der Waals surface area contributed by atoms with Crippen molar-refractivity contribution in [3.05, 3.63) is 56.9 Å². The first-order valence-electron chi connectivity index (χ1n) is 7.95. The SMILES string of the molecule is COc1cc(OC)c(/C=C2\SC(=Nc3ccc(C(=O)O)cc3)NC2=O)cc1Br. The van der Waals surface area contributed by atoms with Crippen LogP contribution in [0.5, 0.6) is 11.5 Å². The number of aliphatic imine (C=N–C) groups is 1. The van der Waals surface area contributed by atoms with Gasteiger partial charge in [-0.2, -0.15) is 0 Å². The highest BCUT2D eigenvalue weighted by Crippen LogP contribution is 2.36. The number of aromatic carboxylic acids is 1. The average Bonchev–Trinajstić information content (AvgIpc) is 3.01. The number of thioether (sulfide) groups is 1. The minimum atomic E-state index is -1.01. The number of carboxylic acids is 1. The van der Waals surface area contributed by atoms with Crippen LogP contribution in [0, 0.1) is 0 Å². The molecule has 0 saturated carbocycles. The van der Waals surface area contributed by atoms with Crippen molar-refractivity contribution in [3.8, 4) is 11.5 Å². The summed E-state index contributed by atoms with van der Waals surface area (Å²) in [6.45, 7) is 0. The van der Waals surface area contributed by atoms with Crippen LogP contribution in [0.1, 0.15) is 15.9 Å². The Morgan fingerprint density at radius 2 is 1.86 bits per heavy atom. The van der Waals surface area contributed by atoms with Crippen molar-refractivity contribution in [1.82, 2.24) is 5.32 Å². The average molecular weight is 463 g/mol. The van der Waals surface area contributed by atoms with Gasteiger partial charge in [0.2, 0.25) is 0 Å². The van der Waals surface area contributed by atoms with E-state index in [9.17, 15) is 9.59 Å². The number of hydrogen-bond donors (Lipinski definition) is 2. The van der Waals surface area contributed by atoms with Crippen LogP contribution in [0.2, 0.25) is 0 Å². The maximum absolute atomic E-state index is 12.3. The number of carboxylic acid groups (broad SMARTS) is 1. The quantitative estimate of drug-likeness (QED) is 0.650. The molecule has 0 aliphatic carbocycles. The Bertz CT molecular complexity index is 1000. The van der Waals surface area contributed by atoms with E-state index in [4.69, 9.17) is 14.6 Å². The van der Waals surface area contributed by atoms with Crippen LogP contribution < -0.4 is 14.8 Å². The summed E-state index contributed by atoms with van der Waals surface area (Å²) >= 11 is 4.61. The highest BCUT2D eigenvalue weighted by Gasteiger charge is 2.24. The molecule has 1 aliphatic rings. The van der Waals surface area contributed by atoms with Crippen LogP contribution in [-0.2, 0) is 4.79 Å². The second kappa shape index (κ2) is 8.49. The summed E-state index contributed by atoms with van der Waals surface area (Å²) in [5, 5.41) is 12.0. The van der Waals surface area contributed by atoms with Crippen molar-refractivity contribution in [2.45, 2.75) is 0 Å². The first-order valence-corrected chi connectivity index (χ1v) is 9.56. The van der Waals surface area contributed by atoms with Crippen molar-refractivity contribution in [2.24, 2.45) is 4.99 Å². The molecule has 0 atom stereocenters. The largest absolute Gasteiger partial charge is 0.496 e. The number of amidine groups is 1. The molecule has 0 spiro atoms. The number of nitrogens with one attached hydrogen (secondary N) is 1. The number of carbonyl (C=O) groups is 2. The fourth-order valence-electron chi connectivity index (χ4n) is 2.41. The maximum atomic E-state index is 12.3. The fraction of sp³-hybridized carbons (Fsp3) is 0.105. The lowest BCUT2D eigenvalue weighted by atomic mass is 10.1. The van der Waals surface area contributed by atoms with Crippen LogP contribution in [-0.4, -0.2) is 36.4 Å². The zero-order valence-electron chi connectivity index (χ0n) is 14.9. The van der Waals surface area contributed by atoms with Gasteiger partial charge in [0.15, 0.2) is 5.17 Å². The Morgan fingerprint density at radius 3 is 2.46 bits per heavy atom. The Hall–Kier alpha value is -2.78. The van der Waals surface area contributed by atoms with Crippen LogP contribution in [0.25, 0.3) is 6.08 Å². The molecule has 7 nitrogen and oxygen atoms in total. The Kier molecular flexibility index (Phi) is 6.05. The second-order valence-electron chi connectivity index (χ2n) is 5.56. The van der Waals surface area contributed by atoms with E-state index in [-0.39, 0.29) is 11.5 Å². The number of methoxy groups -OCH3 is 2. The standard InChI is InChI=1S/C19H15BrN2O5S/c1-26-14-9-15(27-2)13(20)7-11(14)8-16-17(23)22-19(28-16)21-12-5-3-10(4-6-12)18(24)25/h3-9H,1-2H3,(H,24,25)(H,21,22,23)/b16-8-. The first kappa shape index (κ1) is 20.0. The molecule has 1 fully saturated rings. The van der Waals surface area contributed by atoms with E-state index in [1.54, 1.807) is 44.6 Å². The third kappa shape index (κ3) is 4.37. The van der Waals surface area contributed by atoms with Gasteiger partial charge in [0.25, 0.3) is 5.91 Å². The number of ether oxygens (including phenoxy) is 2. The topological polar surface area (TPSA) is 97.2 Å². The summed E-state index contributed by atoms with van der Waals surface area (Å²) in [4.78, 5) is 28.0. The molecular weight excluding hydrogens is 448 g/mol. The molecule has 2 N–H and O–H groups in total. The van der Waals surface area contributed by atoms with Crippen LogP contribution >= 0.6 is 27.7 Å². The first-order chi connectivity index (χ1) is 13.4. The molecule has 0 aromatic heterocycles. The van der Waals surface area contributed by atoms with E-state index in [2.05, 4.69) is 26.2 Å². The fourth-order valence-corrected chi connectivity index (χ4v) is 3.77. The van der Waals surface area contributed by atoms with Crippen LogP contribution in [0.4, 0.5) is 5.69 Å². The predicted octanol–water partition coefficient (Wildman–Crippen LogP) is 4.06. The molecule has 0 bridgehead atoms. The monoisotopic (exact) mass is 462 g/mol. The lowest BCUT2D eigenvalue weighted by Gasteiger charge is -2.10. The van der Waals surface area contributed by atoms with Crippen LogP contribution in [0.3, 0.4) is 0 Å². The lowest BCUT2D eigenvalue weighted by Crippen LogP contribution is -2.19. The highest BCUT2D eigenvalue weighted by molar-refractivity contribution is 9.10. The van der Waals surface area contributed by atoms with Gasteiger partial charge in [0.05, 0.1) is 34.8 Å². The molecule has 2 aromatic carbocycles. The van der Waals surface area contributed by atoms with Crippen molar-refractivity contribution in [2.75, 3.05) is 14.2 Å². The zero-order chi connectivity index (χ0) is 20.3. The summed E-state index contributed by atoms with van der Waals surface area (Å²) in [6, 6.07) is 9.60. The molecule has 2 aromatic rings. The summed E-state index contributed by atoms with van der Waals surface area (Å²) < 4.78 is 11.4. The van der Waals surface area contributed by atoms with Gasteiger partial charge in [-0.1, -0.05) is 0 Å². The summed E-state index contributed by atoms with van der Waals surface area (Å²) in [5.74, 6) is -0.0994. The molecule has 1 saturated heterocycles. The van der Waals surface area contributed by atoms with Gasteiger partial charge < -0.3 is 19.9 Å². The molecule has 1 heterocycles. The van der Waals surface area contributed by atoms with Gasteiger partial charge in [-0.05, 0) is 64.1 Å². The molecule has 0 unspecified atom stereocenters. The molecule has 9 heteroatoms. The summed E-state index contributed by atoms with van der Waals surface area (Å²) in [5.41, 5.74) is 1.42. The zero-order valence-corrected chi connectivity index (χ0v) is 17.3. The number of amides is 1. The Morgan fingerprint density at radius 1 is 1.18 bits per heavy atom. The molecule has 1 amide bonds. The molecule has 0 radical (unpaired) electrons. The number of rotatable bonds is 5. The second-order valence-corrected chi connectivity index (χ2v) is 7.45. The van der Waals surface area contributed by atoms with E-state index in [0.717, 1.165) is 4.47 Å². The minimum Gasteiger partial charge on any atom is -0.496 e. The molecule has 3 rings (SSSR count). The van der Waals surface area contributed by atoms with E-state index in [0.29, 0.717) is 32.8 Å². The Balaban J connectivity index is 1.86. The van der Waals surface area contributed by atoms with E-state index < -0.39 is 5.97 Å². The molecular formula is C19H15BrN2O5S. The van der Waals surface area contributed by atoms with Gasteiger partial charge in [0, 0.05) is 11.6 Å². The maximum Gasteiger partial charge on any atom is 0.335 e. The number of hydrogen-bond acceptors (Lipinski definition) is 6. The smallest absolute Gasteiger partial charge is 0.335 e. The number of halogens is 1. The van der Waals surface area contributed by atoms with Crippen molar-refractivity contribution in [3.63, 3.8) is 0 Å². The van der Waals surface area contributed by atoms with Gasteiger partial charge in [-0.3, -0.25) is 4.79 Å². The van der Waals surface area contributed by atoms with Crippen molar-refractivity contribution < 1.29 is 24.2 Å². The lowest BCUT2D eigenvalue weighted by molar-refractivity contribution is -0.115. The van der Waals surface area contributed by atoms with E-state index in [1.165, 1.54) is 23.9 Å².